The van der Waals surface area contributed by atoms with Gasteiger partial charge in [0.15, 0.2) is 0 Å². The zero-order chi connectivity index (χ0) is 51.0. The standard InChI is InChI=1S/C52H62ClF3N6O6S3/c1-50(2,3)68-49(65)62-29-25-60(26-30-62)36-51(4)22-20-45(37-10-14-40(53)15-11-37)39(33-51)34-59-23-27-61(28-24-59)42-16-12-38(13-17-42)48(64)58-71(66,67)44-18-19-46(47(32-44)70-52(54,55)56)57-41(21-31-63)35-69-43-8-6-5-7-9-43/h5-19,31-32,41,57H,20-30,33-36H2,1-4H3,(H,58,64)/t41?,51-/m1/s1. The van der Waals surface area contributed by atoms with Gasteiger partial charge in [0.1, 0.15) is 11.9 Å². The van der Waals surface area contributed by atoms with Crippen molar-refractivity contribution in [3.05, 3.63) is 119 Å². The fourth-order valence-corrected chi connectivity index (χ4v) is 12.1. The molecule has 4 aromatic carbocycles. The largest absolute Gasteiger partial charge is 0.446 e. The SMILES string of the molecule is CC(C)(C)OC(=O)N1CCN(C[C@]2(C)CCC(c3ccc(Cl)cc3)=C(CN3CCN(c4ccc(C(=O)NS(=O)(=O)c5ccc(NC(CC=O)CSc6ccccc6)c(SC(F)(F)F)c5)cc4)CC3)C2)CC1. The van der Waals surface area contributed by atoms with Crippen molar-refractivity contribution in [2.24, 2.45) is 5.41 Å². The summed E-state index contributed by atoms with van der Waals surface area (Å²) < 4.78 is 76.0. The third kappa shape index (κ3) is 15.6. The monoisotopic (exact) mass is 1050 g/mol. The second kappa shape index (κ2) is 23.4. The van der Waals surface area contributed by atoms with E-state index in [0.717, 1.165) is 94.3 Å². The van der Waals surface area contributed by atoms with E-state index in [1.54, 1.807) is 17.0 Å². The molecule has 2 N–H and O–H groups in total. The summed E-state index contributed by atoms with van der Waals surface area (Å²) in [7, 11) is -4.60. The molecule has 2 heterocycles. The summed E-state index contributed by atoms with van der Waals surface area (Å²) in [5, 5.41) is 3.69. The molecule has 7 rings (SSSR count). The molecule has 2 atom stereocenters. The lowest BCUT2D eigenvalue weighted by Crippen LogP contribution is -2.52. The number of sulfonamides is 1. The number of rotatable bonds is 17. The fourth-order valence-electron chi connectivity index (χ4n) is 9.27. The molecule has 0 aromatic heterocycles. The van der Waals surface area contributed by atoms with E-state index in [2.05, 4.69) is 39.1 Å². The molecule has 1 unspecified atom stereocenters. The van der Waals surface area contributed by atoms with Crippen LogP contribution in [0, 0.1) is 5.41 Å². The summed E-state index contributed by atoms with van der Waals surface area (Å²) in [6.07, 6.45) is 3.37. The Bertz CT molecular complexity index is 2620. The first-order valence-electron chi connectivity index (χ1n) is 23.7. The highest BCUT2D eigenvalue weighted by molar-refractivity contribution is 8.00. The van der Waals surface area contributed by atoms with Gasteiger partial charge in [0, 0.05) is 115 Å². The number of amides is 2. The molecule has 0 radical (unpaired) electrons. The minimum atomic E-state index is -4.75. The van der Waals surface area contributed by atoms with E-state index in [9.17, 15) is 36.0 Å². The number of allylic oxidation sites excluding steroid dienone is 1. The lowest BCUT2D eigenvalue weighted by molar-refractivity contribution is -0.108. The third-order valence-corrected chi connectivity index (χ3v) is 16.3. The number of benzene rings is 4. The first-order valence-corrected chi connectivity index (χ1v) is 27.4. The molecule has 1 aliphatic carbocycles. The Kier molecular flexibility index (Phi) is 17.8. The van der Waals surface area contributed by atoms with E-state index >= 15 is 0 Å². The molecule has 12 nitrogen and oxygen atoms in total. The van der Waals surface area contributed by atoms with Gasteiger partial charge < -0.3 is 24.6 Å². The lowest BCUT2D eigenvalue weighted by Gasteiger charge is -2.44. The predicted octanol–water partition coefficient (Wildman–Crippen LogP) is 10.6. The average Bonchev–Trinajstić information content (AvgIpc) is 3.31. The van der Waals surface area contributed by atoms with Gasteiger partial charge in [-0.25, -0.2) is 17.9 Å². The van der Waals surface area contributed by atoms with Crippen LogP contribution in [0.1, 0.15) is 69.3 Å². The van der Waals surface area contributed by atoms with Crippen LogP contribution in [0.2, 0.25) is 5.02 Å². The third-order valence-electron chi connectivity index (χ3n) is 12.8. The molecule has 2 saturated heterocycles. The van der Waals surface area contributed by atoms with Crippen molar-refractivity contribution in [2.75, 3.05) is 81.4 Å². The summed E-state index contributed by atoms with van der Waals surface area (Å²) in [5.41, 5.74) is -0.303. The van der Waals surface area contributed by atoms with Crippen LogP contribution in [0.4, 0.5) is 29.3 Å². The quantitative estimate of drug-likeness (QED) is 0.0771. The van der Waals surface area contributed by atoms with E-state index in [1.165, 1.54) is 46.7 Å². The van der Waals surface area contributed by atoms with Crippen molar-refractivity contribution in [3.63, 3.8) is 0 Å². The number of hydrogen-bond donors (Lipinski definition) is 2. The van der Waals surface area contributed by atoms with Gasteiger partial charge in [0.05, 0.1) is 4.90 Å². The van der Waals surface area contributed by atoms with Crippen LogP contribution in [0.25, 0.3) is 5.57 Å². The number of carbonyl (C=O) groups excluding carboxylic acids is 3. The molecule has 382 valence electrons. The van der Waals surface area contributed by atoms with Gasteiger partial charge in [-0.3, -0.25) is 14.6 Å². The van der Waals surface area contributed by atoms with Crippen molar-refractivity contribution in [1.29, 1.82) is 0 Å². The smallest absolute Gasteiger partial charge is 0.444 e. The van der Waals surface area contributed by atoms with E-state index in [-0.39, 0.29) is 29.2 Å². The van der Waals surface area contributed by atoms with Gasteiger partial charge in [0.25, 0.3) is 15.9 Å². The molecule has 0 bridgehead atoms. The minimum absolute atomic E-state index is 0.00590. The Labute approximate surface area is 429 Å². The topological polar surface area (TPSA) is 132 Å². The first-order chi connectivity index (χ1) is 33.6. The number of nitrogens with zero attached hydrogens (tertiary/aromatic N) is 4. The van der Waals surface area contributed by atoms with Crippen LogP contribution in [0.5, 0.6) is 0 Å². The molecular weight excluding hydrogens is 993 g/mol. The molecule has 0 saturated carbocycles. The molecule has 2 amide bonds. The Hall–Kier alpha value is -4.72. The molecule has 3 aliphatic rings. The van der Waals surface area contributed by atoms with Crippen molar-refractivity contribution < 1.29 is 40.7 Å². The maximum atomic E-state index is 13.8. The zero-order valence-electron chi connectivity index (χ0n) is 40.5. The van der Waals surface area contributed by atoms with Crippen LogP contribution in [0.15, 0.2) is 117 Å². The molecule has 2 fully saturated rings. The summed E-state index contributed by atoms with van der Waals surface area (Å²) in [5.74, 6) is -0.568. The van der Waals surface area contributed by atoms with Crippen LogP contribution < -0.4 is 14.9 Å². The summed E-state index contributed by atoms with van der Waals surface area (Å²) >= 11 is 7.25. The first kappa shape index (κ1) is 54.1. The van der Waals surface area contributed by atoms with Crippen LogP contribution in [-0.4, -0.2) is 130 Å². The molecule has 0 spiro atoms. The Morgan fingerprint density at radius 1 is 0.873 bits per heavy atom. The summed E-state index contributed by atoms with van der Waals surface area (Å²) in [4.78, 5) is 46.5. The van der Waals surface area contributed by atoms with Gasteiger partial charge >= 0.3 is 11.6 Å². The second-order valence-corrected chi connectivity index (χ2v) is 24.0. The summed E-state index contributed by atoms with van der Waals surface area (Å²) in [6.45, 7) is 15.7. The number of halogens is 4. The van der Waals surface area contributed by atoms with Crippen molar-refractivity contribution in [1.82, 2.24) is 19.4 Å². The number of anilines is 2. The number of hydrogen-bond acceptors (Lipinski definition) is 12. The number of aldehydes is 1. The number of piperazine rings is 2. The van der Waals surface area contributed by atoms with Crippen LogP contribution in [0.3, 0.4) is 0 Å². The predicted molar refractivity (Wildman–Crippen MR) is 278 cm³/mol. The van der Waals surface area contributed by atoms with Crippen molar-refractivity contribution in [3.8, 4) is 0 Å². The Balaban J connectivity index is 0.957. The molecular formula is C52H62ClF3N6O6S3. The van der Waals surface area contributed by atoms with E-state index in [1.807, 2.05) is 68.0 Å². The van der Waals surface area contributed by atoms with Gasteiger partial charge in [-0.1, -0.05) is 54.4 Å². The highest BCUT2D eigenvalue weighted by atomic mass is 35.5. The molecule has 19 heteroatoms. The zero-order valence-corrected chi connectivity index (χ0v) is 43.7. The number of ether oxygens (including phenoxy) is 1. The number of carbonyl (C=O) groups is 3. The molecule has 4 aromatic rings. The summed E-state index contributed by atoms with van der Waals surface area (Å²) in [6, 6.07) is 26.7. The highest BCUT2D eigenvalue weighted by Crippen LogP contribution is 2.45. The van der Waals surface area contributed by atoms with E-state index in [4.69, 9.17) is 16.3 Å². The number of nitrogens with one attached hydrogen (secondary N) is 2. The lowest BCUT2D eigenvalue weighted by atomic mass is 9.71. The molecule has 2 aliphatic heterocycles. The molecule has 71 heavy (non-hydrogen) atoms. The second-order valence-electron chi connectivity index (χ2n) is 19.6. The van der Waals surface area contributed by atoms with Gasteiger partial charge in [-0.2, -0.15) is 13.2 Å². The van der Waals surface area contributed by atoms with Crippen molar-refractivity contribution >= 4 is 80.4 Å². The van der Waals surface area contributed by atoms with E-state index in [0.29, 0.717) is 30.2 Å². The van der Waals surface area contributed by atoms with Crippen molar-refractivity contribution in [2.45, 2.75) is 85.2 Å². The van der Waals surface area contributed by atoms with Gasteiger partial charge in [-0.15, -0.1) is 11.8 Å². The van der Waals surface area contributed by atoms with Crippen LogP contribution >= 0.6 is 35.1 Å². The Morgan fingerprint density at radius 3 is 2.17 bits per heavy atom. The highest BCUT2D eigenvalue weighted by Gasteiger charge is 2.37. The normalized spacial score (nSPS) is 19.0. The maximum absolute atomic E-state index is 13.8. The van der Waals surface area contributed by atoms with Gasteiger partial charge in [0.2, 0.25) is 0 Å². The number of thioether (sulfide) groups is 2. The minimum Gasteiger partial charge on any atom is -0.444 e. The van der Waals surface area contributed by atoms with Gasteiger partial charge in [-0.05, 0) is 135 Å². The van der Waals surface area contributed by atoms with E-state index < -0.39 is 54.6 Å². The average molecular weight is 1060 g/mol. The maximum Gasteiger partial charge on any atom is 0.446 e. The fraction of sp³-hybridized carbons (Fsp3) is 0.442. The Morgan fingerprint density at radius 2 is 1.54 bits per heavy atom. The number of alkyl halides is 3. The van der Waals surface area contributed by atoms with Crippen LogP contribution in [-0.2, 0) is 19.6 Å².